The van der Waals surface area contributed by atoms with Gasteiger partial charge in [0.05, 0.1) is 12.2 Å². The zero-order valence-corrected chi connectivity index (χ0v) is 12.0. The van der Waals surface area contributed by atoms with E-state index in [-0.39, 0.29) is 12.6 Å². The second-order valence-electron chi connectivity index (χ2n) is 4.62. The molecule has 1 aromatic heterocycles. The molecule has 0 spiro atoms. The molecule has 0 fully saturated rings. The van der Waals surface area contributed by atoms with Crippen LogP contribution < -0.4 is 10.6 Å². The Balaban J connectivity index is 2.47. The van der Waals surface area contributed by atoms with Gasteiger partial charge in [-0.25, -0.2) is 0 Å². The second kappa shape index (κ2) is 6.04. The van der Waals surface area contributed by atoms with E-state index in [1.165, 1.54) is 11.5 Å². The van der Waals surface area contributed by atoms with Gasteiger partial charge in [0.2, 0.25) is 0 Å². The molecule has 1 aromatic carbocycles. The molecule has 0 aliphatic carbocycles. The Kier molecular flexibility index (Phi) is 4.39. The summed E-state index contributed by atoms with van der Waals surface area (Å²) in [6, 6.07) is 10.3. The highest BCUT2D eigenvalue weighted by atomic mass is 32.1. The van der Waals surface area contributed by atoms with Gasteiger partial charge in [-0.05, 0) is 30.9 Å². The topological polar surface area (TPSA) is 62.4 Å². The molecule has 0 saturated carbocycles. The van der Waals surface area contributed by atoms with Crippen LogP contribution in [0.25, 0.3) is 11.1 Å². The van der Waals surface area contributed by atoms with E-state index in [9.17, 15) is 5.11 Å². The summed E-state index contributed by atoms with van der Waals surface area (Å²) in [6.45, 7) is 4.89. The van der Waals surface area contributed by atoms with Crippen molar-refractivity contribution in [2.24, 2.45) is 0 Å². The number of rotatable bonds is 5. The van der Waals surface area contributed by atoms with Crippen molar-refractivity contribution in [3.63, 3.8) is 0 Å². The van der Waals surface area contributed by atoms with Crippen molar-refractivity contribution in [3.8, 4) is 11.1 Å². The van der Waals surface area contributed by atoms with Gasteiger partial charge in [0.25, 0.3) is 0 Å². The largest absolute Gasteiger partial charge is 0.395 e. The minimum Gasteiger partial charge on any atom is -0.395 e. The van der Waals surface area contributed by atoms with Crippen LogP contribution in [0.3, 0.4) is 0 Å². The summed E-state index contributed by atoms with van der Waals surface area (Å²) < 4.78 is 4.27. The van der Waals surface area contributed by atoms with Crippen molar-refractivity contribution < 1.29 is 5.11 Å². The first-order valence-corrected chi connectivity index (χ1v) is 7.10. The van der Waals surface area contributed by atoms with Crippen LogP contribution in [0.1, 0.15) is 13.8 Å². The van der Waals surface area contributed by atoms with Crippen LogP contribution in [0.5, 0.6) is 0 Å². The minimum atomic E-state index is 0.115. The van der Waals surface area contributed by atoms with E-state index in [4.69, 9.17) is 5.73 Å². The monoisotopic (exact) mass is 277 g/mol. The summed E-state index contributed by atoms with van der Waals surface area (Å²) in [6.07, 6.45) is 0. The molecule has 2 aromatic rings. The van der Waals surface area contributed by atoms with E-state index in [0.29, 0.717) is 12.4 Å². The first-order chi connectivity index (χ1) is 9.15. The van der Waals surface area contributed by atoms with Crippen LogP contribution in [0.2, 0.25) is 0 Å². The molecule has 1 heterocycles. The summed E-state index contributed by atoms with van der Waals surface area (Å²) in [5.41, 5.74) is 8.05. The Hall–Kier alpha value is -1.59. The lowest BCUT2D eigenvalue weighted by Gasteiger charge is -2.27. The zero-order valence-electron chi connectivity index (χ0n) is 11.2. The quantitative estimate of drug-likeness (QED) is 0.882. The molecule has 5 heteroatoms. The smallest absolute Gasteiger partial charge is 0.147 e. The standard InChI is InChI=1S/C14H19N3OS/c1-10(2)17(8-9-18)14-12(13(15)16-19-14)11-6-4-3-5-7-11/h3-7,10,18H,8-9H2,1-2H3,(H2,15,16). The van der Waals surface area contributed by atoms with Crippen LogP contribution in [0.15, 0.2) is 30.3 Å². The highest BCUT2D eigenvalue weighted by Crippen LogP contribution is 2.39. The van der Waals surface area contributed by atoms with Crippen molar-refractivity contribution >= 4 is 22.4 Å². The Morgan fingerprint density at radius 2 is 2.00 bits per heavy atom. The van der Waals surface area contributed by atoms with Crippen LogP contribution >= 0.6 is 11.5 Å². The molecule has 0 atom stereocenters. The van der Waals surface area contributed by atoms with Gasteiger partial charge >= 0.3 is 0 Å². The molecule has 0 amide bonds. The number of aliphatic hydroxyl groups is 1. The van der Waals surface area contributed by atoms with E-state index in [1.54, 1.807) is 0 Å². The molecule has 0 bridgehead atoms. The van der Waals surface area contributed by atoms with Gasteiger partial charge < -0.3 is 15.7 Å². The second-order valence-corrected chi connectivity index (χ2v) is 5.38. The van der Waals surface area contributed by atoms with E-state index in [2.05, 4.69) is 23.1 Å². The van der Waals surface area contributed by atoms with E-state index in [1.807, 2.05) is 30.3 Å². The maximum absolute atomic E-state index is 9.23. The third kappa shape index (κ3) is 2.88. The molecule has 3 N–H and O–H groups in total. The molecule has 19 heavy (non-hydrogen) atoms. The summed E-state index contributed by atoms with van der Waals surface area (Å²) in [4.78, 5) is 2.14. The maximum atomic E-state index is 9.23. The Morgan fingerprint density at radius 1 is 1.32 bits per heavy atom. The molecular formula is C14H19N3OS. The lowest BCUT2D eigenvalue weighted by molar-refractivity contribution is 0.299. The fourth-order valence-corrected chi connectivity index (χ4v) is 3.06. The Morgan fingerprint density at radius 3 is 2.58 bits per heavy atom. The predicted molar refractivity (Wildman–Crippen MR) is 81.5 cm³/mol. The normalized spacial score (nSPS) is 10.9. The summed E-state index contributed by atoms with van der Waals surface area (Å²) >= 11 is 1.39. The SMILES string of the molecule is CC(C)N(CCO)c1snc(N)c1-c1ccccc1. The molecule has 4 nitrogen and oxygen atoms in total. The average molecular weight is 277 g/mol. The fourth-order valence-electron chi connectivity index (χ4n) is 2.07. The lowest BCUT2D eigenvalue weighted by Crippen LogP contribution is -2.33. The number of anilines is 2. The molecule has 0 saturated heterocycles. The summed E-state index contributed by atoms with van der Waals surface area (Å²) in [5.74, 6) is 0.551. The first-order valence-electron chi connectivity index (χ1n) is 6.33. The van der Waals surface area contributed by atoms with Gasteiger partial charge in [-0.3, -0.25) is 0 Å². The van der Waals surface area contributed by atoms with Crippen molar-refractivity contribution in [1.29, 1.82) is 0 Å². The number of nitrogen functional groups attached to an aromatic ring is 1. The Labute approximate surface area is 117 Å². The fraction of sp³-hybridized carbons (Fsp3) is 0.357. The van der Waals surface area contributed by atoms with E-state index < -0.39 is 0 Å². The molecule has 2 rings (SSSR count). The molecule has 102 valence electrons. The zero-order chi connectivity index (χ0) is 13.8. The van der Waals surface area contributed by atoms with Crippen molar-refractivity contribution in [3.05, 3.63) is 30.3 Å². The number of nitrogens with zero attached hydrogens (tertiary/aromatic N) is 2. The third-order valence-electron chi connectivity index (χ3n) is 2.99. The van der Waals surface area contributed by atoms with Crippen molar-refractivity contribution in [1.82, 2.24) is 4.37 Å². The van der Waals surface area contributed by atoms with Gasteiger partial charge in [-0.1, -0.05) is 30.3 Å². The minimum absolute atomic E-state index is 0.115. The maximum Gasteiger partial charge on any atom is 0.147 e. The van der Waals surface area contributed by atoms with Gasteiger partial charge in [-0.15, -0.1) is 0 Å². The number of hydrogen-bond acceptors (Lipinski definition) is 5. The molecule has 0 aliphatic rings. The van der Waals surface area contributed by atoms with Gasteiger partial charge in [0.15, 0.2) is 0 Å². The van der Waals surface area contributed by atoms with Crippen LogP contribution in [-0.2, 0) is 0 Å². The summed E-state index contributed by atoms with van der Waals surface area (Å²) in [7, 11) is 0. The van der Waals surface area contributed by atoms with Gasteiger partial charge in [0, 0.05) is 12.6 Å². The predicted octanol–water partition coefficient (Wildman–Crippen LogP) is 2.60. The van der Waals surface area contributed by atoms with Crippen LogP contribution in [0, 0.1) is 0 Å². The van der Waals surface area contributed by atoms with Gasteiger partial charge in [-0.2, -0.15) is 4.37 Å². The number of nitrogens with two attached hydrogens (primary N) is 1. The van der Waals surface area contributed by atoms with E-state index >= 15 is 0 Å². The highest BCUT2D eigenvalue weighted by molar-refractivity contribution is 7.11. The molecule has 0 unspecified atom stereocenters. The van der Waals surface area contributed by atoms with Gasteiger partial charge in [0.1, 0.15) is 10.8 Å². The van der Waals surface area contributed by atoms with Crippen LogP contribution in [0.4, 0.5) is 10.8 Å². The number of benzene rings is 1. The van der Waals surface area contributed by atoms with Crippen LogP contribution in [-0.4, -0.2) is 28.7 Å². The molecular weight excluding hydrogens is 258 g/mol. The number of aromatic nitrogens is 1. The van der Waals surface area contributed by atoms with Crippen molar-refractivity contribution in [2.75, 3.05) is 23.8 Å². The molecule has 0 aliphatic heterocycles. The highest BCUT2D eigenvalue weighted by Gasteiger charge is 2.20. The summed E-state index contributed by atoms with van der Waals surface area (Å²) in [5, 5.41) is 10.2. The number of hydrogen-bond donors (Lipinski definition) is 2. The average Bonchev–Trinajstić information content (AvgIpc) is 2.78. The Bertz CT molecular complexity index is 525. The first kappa shape index (κ1) is 13.8. The lowest BCUT2D eigenvalue weighted by atomic mass is 10.1. The van der Waals surface area contributed by atoms with Crippen molar-refractivity contribution in [2.45, 2.75) is 19.9 Å². The third-order valence-corrected chi connectivity index (χ3v) is 3.89. The molecule has 0 radical (unpaired) electrons. The number of aliphatic hydroxyl groups excluding tert-OH is 1. The van der Waals surface area contributed by atoms with E-state index in [0.717, 1.165) is 16.1 Å².